The van der Waals surface area contributed by atoms with Gasteiger partial charge in [-0.2, -0.15) is 0 Å². The van der Waals surface area contributed by atoms with Crippen LogP contribution in [0.25, 0.3) is 0 Å². The minimum absolute atomic E-state index is 0.351. The molecule has 1 aromatic rings. The third kappa shape index (κ3) is 6.49. The number of hydrogen-bond donors (Lipinski definition) is 1. The Bertz CT molecular complexity index is 501. The standard InChI is InChI=1S/C19H32N2O3/c1-5-11-24-18-10-9-15(13-17(20)19(22)23-8-4)12-16(18)14-21(6-2)7-3/h9-10,12,17H,5-8,11,13-14,20H2,1-4H3. The van der Waals surface area contributed by atoms with Crippen molar-refractivity contribution in [1.82, 2.24) is 4.90 Å². The second-order valence-corrected chi connectivity index (χ2v) is 5.81. The van der Waals surface area contributed by atoms with Gasteiger partial charge in [0.2, 0.25) is 0 Å². The lowest BCUT2D eigenvalue weighted by molar-refractivity contribution is -0.144. The summed E-state index contributed by atoms with van der Waals surface area (Å²) in [4.78, 5) is 14.1. The first kappa shape index (κ1) is 20.5. The largest absolute Gasteiger partial charge is 0.493 e. The van der Waals surface area contributed by atoms with E-state index in [2.05, 4.69) is 31.7 Å². The zero-order chi connectivity index (χ0) is 17.9. The molecule has 0 aliphatic carbocycles. The SMILES string of the molecule is CCCOc1ccc(CC(N)C(=O)OCC)cc1CN(CC)CC. The Morgan fingerprint density at radius 3 is 2.50 bits per heavy atom. The normalized spacial score (nSPS) is 12.2. The summed E-state index contributed by atoms with van der Waals surface area (Å²) >= 11 is 0. The topological polar surface area (TPSA) is 64.8 Å². The highest BCUT2D eigenvalue weighted by Gasteiger charge is 2.16. The van der Waals surface area contributed by atoms with Crippen molar-refractivity contribution in [2.45, 2.75) is 53.1 Å². The van der Waals surface area contributed by atoms with Crippen LogP contribution in [-0.2, 0) is 22.5 Å². The number of nitrogens with zero attached hydrogens (tertiary/aromatic N) is 1. The van der Waals surface area contributed by atoms with E-state index in [0.29, 0.717) is 19.6 Å². The molecule has 0 bridgehead atoms. The minimum Gasteiger partial charge on any atom is -0.493 e. The summed E-state index contributed by atoms with van der Waals surface area (Å²) in [6.07, 6.45) is 1.44. The van der Waals surface area contributed by atoms with Crippen molar-refractivity contribution >= 4 is 5.97 Å². The van der Waals surface area contributed by atoms with Gasteiger partial charge in [0.1, 0.15) is 11.8 Å². The van der Waals surface area contributed by atoms with Crippen LogP contribution in [0.1, 0.15) is 45.2 Å². The summed E-state index contributed by atoms with van der Waals surface area (Å²) in [5.41, 5.74) is 8.11. The van der Waals surface area contributed by atoms with Gasteiger partial charge in [-0.05, 0) is 44.5 Å². The molecule has 2 N–H and O–H groups in total. The van der Waals surface area contributed by atoms with E-state index in [1.54, 1.807) is 6.92 Å². The number of esters is 1. The van der Waals surface area contributed by atoms with Crippen LogP contribution >= 0.6 is 0 Å². The molecular formula is C19H32N2O3. The quantitative estimate of drug-likeness (QED) is 0.630. The van der Waals surface area contributed by atoms with Crippen molar-refractivity contribution in [2.75, 3.05) is 26.3 Å². The van der Waals surface area contributed by atoms with E-state index in [1.165, 1.54) is 0 Å². The van der Waals surface area contributed by atoms with E-state index in [9.17, 15) is 4.79 Å². The molecule has 0 spiro atoms. The average molecular weight is 336 g/mol. The molecule has 0 aromatic heterocycles. The van der Waals surface area contributed by atoms with Gasteiger partial charge >= 0.3 is 5.97 Å². The number of ether oxygens (including phenoxy) is 2. The van der Waals surface area contributed by atoms with Crippen molar-refractivity contribution < 1.29 is 14.3 Å². The number of carbonyl (C=O) groups is 1. The van der Waals surface area contributed by atoms with Gasteiger partial charge in [-0.15, -0.1) is 0 Å². The van der Waals surface area contributed by atoms with Gasteiger partial charge in [0, 0.05) is 12.1 Å². The van der Waals surface area contributed by atoms with Gasteiger partial charge in [0.15, 0.2) is 0 Å². The monoisotopic (exact) mass is 336 g/mol. The summed E-state index contributed by atoms with van der Waals surface area (Å²) in [5.74, 6) is 0.561. The number of benzene rings is 1. The first-order chi connectivity index (χ1) is 11.5. The van der Waals surface area contributed by atoms with Gasteiger partial charge in [-0.1, -0.05) is 32.9 Å². The van der Waals surface area contributed by atoms with Crippen molar-refractivity contribution in [2.24, 2.45) is 5.73 Å². The van der Waals surface area contributed by atoms with E-state index in [1.807, 2.05) is 12.1 Å². The number of hydrogen-bond acceptors (Lipinski definition) is 5. The van der Waals surface area contributed by atoms with E-state index in [-0.39, 0.29) is 5.97 Å². The average Bonchev–Trinajstić information content (AvgIpc) is 2.59. The molecule has 5 nitrogen and oxygen atoms in total. The zero-order valence-electron chi connectivity index (χ0n) is 15.5. The van der Waals surface area contributed by atoms with Crippen LogP contribution in [0.5, 0.6) is 5.75 Å². The van der Waals surface area contributed by atoms with E-state index in [0.717, 1.165) is 42.9 Å². The van der Waals surface area contributed by atoms with Gasteiger partial charge in [-0.25, -0.2) is 0 Å². The summed E-state index contributed by atoms with van der Waals surface area (Å²) in [5, 5.41) is 0. The predicted octanol–water partition coefficient (Wildman–Crippen LogP) is 2.75. The maximum atomic E-state index is 11.7. The molecule has 5 heteroatoms. The highest BCUT2D eigenvalue weighted by Crippen LogP contribution is 2.23. The highest BCUT2D eigenvalue weighted by atomic mass is 16.5. The van der Waals surface area contributed by atoms with Gasteiger partial charge in [0.05, 0.1) is 13.2 Å². The molecule has 0 aliphatic heterocycles. The zero-order valence-corrected chi connectivity index (χ0v) is 15.5. The Labute approximate surface area is 146 Å². The number of rotatable bonds is 11. The van der Waals surface area contributed by atoms with Gasteiger partial charge in [0.25, 0.3) is 0 Å². The maximum absolute atomic E-state index is 11.7. The van der Waals surface area contributed by atoms with Crippen molar-refractivity contribution in [3.05, 3.63) is 29.3 Å². The summed E-state index contributed by atoms with van der Waals surface area (Å²) < 4.78 is 10.9. The molecule has 136 valence electrons. The van der Waals surface area contributed by atoms with Crippen LogP contribution in [0.3, 0.4) is 0 Å². The molecule has 24 heavy (non-hydrogen) atoms. The predicted molar refractivity (Wildman–Crippen MR) is 97.2 cm³/mol. The molecule has 1 rings (SSSR count). The fourth-order valence-electron chi connectivity index (χ4n) is 2.51. The maximum Gasteiger partial charge on any atom is 0.323 e. The Hall–Kier alpha value is -1.59. The summed E-state index contributed by atoms with van der Waals surface area (Å²) in [6, 6.07) is 5.44. The lowest BCUT2D eigenvalue weighted by Crippen LogP contribution is -2.34. The molecule has 0 radical (unpaired) electrons. The Balaban J connectivity index is 2.92. The van der Waals surface area contributed by atoms with Crippen LogP contribution < -0.4 is 10.5 Å². The second kappa shape index (κ2) is 11.0. The van der Waals surface area contributed by atoms with Crippen LogP contribution in [-0.4, -0.2) is 43.2 Å². The van der Waals surface area contributed by atoms with Crippen LogP contribution in [0.4, 0.5) is 0 Å². The molecular weight excluding hydrogens is 304 g/mol. The molecule has 0 heterocycles. The van der Waals surface area contributed by atoms with E-state index < -0.39 is 6.04 Å². The summed E-state index contributed by atoms with van der Waals surface area (Å²) in [6.45, 7) is 12.0. The van der Waals surface area contributed by atoms with Crippen LogP contribution in [0.2, 0.25) is 0 Å². The molecule has 1 atom stereocenters. The molecule has 1 unspecified atom stereocenters. The fraction of sp³-hybridized carbons (Fsp3) is 0.632. The number of carbonyl (C=O) groups excluding carboxylic acids is 1. The Kier molecular flexibility index (Phi) is 9.42. The molecule has 0 aliphatic rings. The molecule has 0 saturated heterocycles. The molecule has 0 fully saturated rings. The molecule has 1 aromatic carbocycles. The number of nitrogens with two attached hydrogens (primary N) is 1. The molecule has 0 saturated carbocycles. The van der Waals surface area contributed by atoms with Crippen LogP contribution in [0, 0.1) is 0 Å². The second-order valence-electron chi connectivity index (χ2n) is 5.81. The van der Waals surface area contributed by atoms with Crippen molar-refractivity contribution in [3.8, 4) is 5.75 Å². The first-order valence-corrected chi connectivity index (χ1v) is 8.94. The highest BCUT2D eigenvalue weighted by molar-refractivity contribution is 5.75. The van der Waals surface area contributed by atoms with Gasteiger partial charge < -0.3 is 15.2 Å². The summed E-state index contributed by atoms with van der Waals surface area (Å²) in [7, 11) is 0. The Morgan fingerprint density at radius 2 is 1.92 bits per heavy atom. The van der Waals surface area contributed by atoms with Crippen molar-refractivity contribution in [1.29, 1.82) is 0 Å². The third-order valence-electron chi connectivity index (χ3n) is 3.92. The Morgan fingerprint density at radius 1 is 1.21 bits per heavy atom. The molecule has 0 amide bonds. The van der Waals surface area contributed by atoms with E-state index in [4.69, 9.17) is 15.2 Å². The lowest BCUT2D eigenvalue weighted by Gasteiger charge is -2.21. The van der Waals surface area contributed by atoms with Crippen LogP contribution in [0.15, 0.2) is 18.2 Å². The van der Waals surface area contributed by atoms with E-state index >= 15 is 0 Å². The third-order valence-corrected chi connectivity index (χ3v) is 3.92. The smallest absolute Gasteiger partial charge is 0.323 e. The van der Waals surface area contributed by atoms with Crippen molar-refractivity contribution in [3.63, 3.8) is 0 Å². The lowest BCUT2D eigenvalue weighted by atomic mass is 10.0. The minimum atomic E-state index is -0.631. The fourth-order valence-corrected chi connectivity index (χ4v) is 2.51. The van der Waals surface area contributed by atoms with Gasteiger partial charge in [-0.3, -0.25) is 9.69 Å². The first-order valence-electron chi connectivity index (χ1n) is 8.94.